The lowest BCUT2D eigenvalue weighted by molar-refractivity contribution is 0.0167. The van der Waals surface area contributed by atoms with Gasteiger partial charge >= 0.3 is 0 Å². The number of hydrogen-bond acceptors (Lipinski definition) is 5. The van der Waals surface area contributed by atoms with Crippen LogP contribution < -0.4 is 11.1 Å². The molecule has 1 amide bonds. The molecule has 1 saturated carbocycles. The number of hydrogen-bond donors (Lipinski definition) is 2. The van der Waals surface area contributed by atoms with Crippen molar-refractivity contribution in [2.75, 3.05) is 13.7 Å². The van der Waals surface area contributed by atoms with E-state index in [2.05, 4.69) is 10.3 Å². The molecule has 6 nitrogen and oxygen atoms in total. The number of nitrogens with two attached hydrogens (primary N) is 1. The van der Waals surface area contributed by atoms with Gasteiger partial charge in [0.2, 0.25) is 0 Å². The number of amides is 1. The summed E-state index contributed by atoms with van der Waals surface area (Å²) in [5, 5.41) is 2.67. The summed E-state index contributed by atoms with van der Waals surface area (Å²) in [6.45, 7) is 3.73. The van der Waals surface area contributed by atoms with Gasteiger partial charge in [-0.15, -0.1) is 0 Å². The summed E-state index contributed by atoms with van der Waals surface area (Å²) in [7, 11) is 1.49. The Morgan fingerprint density at radius 2 is 2.19 bits per heavy atom. The van der Waals surface area contributed by atoms with Gasteiger partial charge < -0.3 is 20.5 Å². The van der Waals surface area contributed by atoms with E-state index in [4.69, 9.17) is 15.2 Å². The molecule has 1 aliphatic carbocycles. The van der Waals surface area contributed by atoms with E-state index in [0.717, 1.165) is 12.1 Å². The van der Waals surface area contributed by atoms with Crippen molar-refractivity contribution >= 4 is 11.9 Å². The minimum Gasteiger partial charge on any atom is -0.461 e. The lowest BCUT2D eigenvalue weighted by Crippen LogP contribution is -2.43. The van der Waals surface area contributed by atoms with Gasteiger partial charge in [-0.2, -0.15) is 0 Å². The van der Waals surface area contributed by atoms with Crippen LogP contribution in [0.1, 0.15) is 29.8 Å². The number of rotatable bonds is 6. The van der Waals surface area contributed by atoms with E-state index in [1.807, 2.05) is 0 Å². The third kappa shape index (κ3) is 3.24. The maximum absolute atomic E-state index is 14.6. The molecule has 3 N–H and O–H groups in total. The van der Waals surface area contributed by atoms with Gasteiger partial charge in [0.1, 0.15) is 11.9 Å². The van der Waals surface area contributed by atoms with Crippen LogP contribution in [-0.2, 0) is 15.0 Å². The number of carbonyl (C=O) groups is 1. The van der Waals surface area contributed by atoms with Crippen molar-refractivity contribution in [1.29, 1.82) is 0 Å². The molecule has 2 aliphatic rings. The van der Waals surface area contributed by atoms with E-state index < -0.39 is 41.7 Å². The van der Waals surface area contributed by atoms with Gasteiger partial charge in [-0.05, 0) is 25.1 Å². The number of benzene rings is 1. The molecule has 9 heteroatoms. The van der Waals surface area contributed by atoms with Crippen LogP contribution in [0.15, 0.2) is 23.2 Å². The molecule has 0 unspecified atom stereocenters. The molecule has 148 valence electrons. The molecule has 0 saturated heterocycles. The number of fused-ring (bicyclic) bond motifs is 1. The van der Waals surface area contributed by atoms with Crippen LogP contribution in [0.25, 0.3) is 0 Å². The molecule has 1 aliphatic heterocycles. The van der Waals surface area contributed by atoms with Crippen LogP contribution in [0.4, 0.5) is 13.2 Å². The monoisotopic (exact) mass is 385 g/mol. The first kappa shape index (κ1) is 19.5. The summed E-state index contributed by atoms with van der Waals surface area (Å²) >= 11 is 0. The van der Waals surface area contributed by atoms with Crippen LogP contribution in [0, 0.1) is 17.7 Å². The van der Waals surface area contributed by atoms with Gasteiger partial charge in [0.05, 0.1) is 6.61 Å². The number of halogens is 3. The largest absolute Gasteiger partial charge is 0.461 e. The Balaban J connectivity index is 2.02. The van der Waals surface area contributed by atoms with Crippen LogP contribution in [0.5, 0.6) is 0 Å². The van der Waals surface area contributed by atoms with Gasteiger partial charge in [-0.1, -0.05) is 6.92 Å². The van der Waals surface area contributed by atoms with Crippen molar-refractivity contribution < 1.29 is 27.4 Å². The number of nitrogens with zero attached hydrogens (tertiary/aromatic N) is 1. The number of amidine groups is 1. The zero-order valence-corrected chi connectivity index (χ0v) is 15.2. The fourth-order valence-electron chi connectivity index (χ4n) is 3.80. The van der Waals surface area contributed by atoms with Crippen molar-refractivity contribution in [3.63, 3.8) is 0 Å². The van der Waals surface area contributed by atoms with Crippen molar-refractivity contribution in [3.05, 3.63) is 35.1 Å². The highest BCUT2D eigenvalue weighted by molar-refractivity contribution is 5.94. The Morgan fingerprint density at radius 3 is 2.81 bits per heavy atom. The van der Waals surface area contributed by atoms with Crippen LogP contribution in [0.3, 0.4) is 0 Å². The first-order valence-corrected chi connectivity index (χ1v) is 8.62. The molecule has 0 radical (unpaired) electrons. The van der Waals surface area contributed by atoms with E-state index in [9.17, 15) is 18.0 Å². The topological polar surface area (TPSA) is 85.9 Å². The van der Waals surface area contributed by atoms with Crippen molar-refractivity contribution in [1.82, 2.24) is 5.32 Å². The smallest absolute Gasteiger partial charge is 0.283 e. The van der Waals surface area contributed by atoms with Crippen molar-refractivity contribution in [2.45, 2.75) is 38.0 Å². The van der Waals surface area contributed by atoms with Gasteiger partial charge in [-0.3, -0.25) is 4.79 Å². The van der Waals surface area contributed by atoms with Crippen molar-refractivity contribution in [3.8, 4) is 0 Å². The number of nitrogens with one attached hydrogen (secondary N) is 1. The van der Waals surface area contributed by atoms with E-state index in [1.165, 1.54) is 13.2 Å². The lowest BCUT2D eigenvalue weighted by atomic mass is 9.83. The predicted molar refractivity (Wildman–Crippen MR) is 92.0 cm³/mol. The van der Waals surface area contributed by atoms with E-state index in [1.54, 1.807) is 13.8 Å². The summed E-state index contributed by atoms with van der Waals surface area (Å²) in [4.78, 5) is 16.2. The molecule has 27 heavy (non-hydrogen) atoms. The number of carbonyl (C=O) groups excluding carboxylic acids is 1. The van der Waals surface area contributed by atoms with Crippen LogP contribution in [0.2, 0.25) is 0 Å². The Labute approximate surface area is 154 Å². The van der Waals surface area contributed by atoms with Crippen LogP contribution in [-0.4, -0.2) is 44.2 Å². The Kier molecular flexibility index (Phi) is 5.07. The molecule has 1 aromatic rings. The highest BCUT2D eigenvalue weighted by atomic mass is 19.3. The average molecular weight is 385 g/mol. The average Bonchev–Trinajstić information content (AvgIpc) is 3.24. The number of ether oxygens (including phenoxy) is 2. The first-order chi connectivity index (χ1) is 12.7. The summed E-state index contributed by atoms with van der Waals surface area (Å²) in [5.74, 6) is -2.37. The first-order valence-electron chi connectivity index (χ1n) is 8.62. The minimum atomic E-state index is -3.02. The SMILES string of the molecule is COC[C@H](C)NC(=O)c1ccc(F)c([C@]2(C(F)F)N=C(N)O[C@H]3[C@@H](C)[C@H]32)c1. The van der Waals surface area contributed by atoms with Gasteiger partial charge in [0, 0.05) is 36.1 Å². The Hall–Kier alpha value is -2.29. The maximum atomic E-state index is 14.6. The zero-order valence-electron chi connectivity index (χ0n) is 15.2. The molecule has 3 rings (SSSR count). The fraction of sp³-hybridized carbons (Fsp3) is 0.556. The normalized spacial score (nSPS) is 30.2. The molecular weight excluding hydrogens is 363 g/mol. The Morgan fingerprint density at radius 1 is 1.48 bits per heavy atom. The van der Waals surface area contributed by atoms with E-state index in [-0.39, 0.29) is 29.7 Å². The molecule has 0 bridgehead atoms. The maximum Gasteiger partial charge on any atom is 0.283 e. The minimum absolute atomic E-state index is 0.0551. The molecular formula is C18H22F3N3O3. The molecule has 0 aromatic heterocycles. The molecule has 1 aromatic carbocycles. The second-order valence-electron chi connectivity index (χ2n) is 7.07. The van der Waals surface area contributed by atoms with Gasteiger partial charge in [0.15, 0.2) is 5.54 Å². The highest BCUT2D eigenvalue weighted by Gasteiger charge is 2.68. The lowest BCUT2D eigenvalue weighted by Gasteiger charge is -2.33. The third-order valence-electron chi connectivity index (χ3n) is 5.14. The number of methoxy groups -OCH3 is 1. The zero-order chi connectivity index (χ0) is 19.9. The standard InChI is InChI=1S/C18H22F3N3O3/c1-8(7-26-3)23-15(25)10-4-5-12(19)11(6-10)18(16(20)21)13-9(2)14(13)27-17(22)24-18/h4-6,8-9,13-14,16H,7H2,1-3H3,(H2,22,24)(H,23,25)/t8-,9-,13+,14-,18-/m0/s1. The molecule has 5 atom stereocenters. The molecule has 0 spiro atoms. The molecule has 1 fully saturated rings. The predicted octanol–water partition coefficient (Wildman–Crippen LogP) is 2.03. The van der Waals surface area contributed by atoms with E-state index >= 15 is 0 Å². The number of aliphatic imine (C=N–C) groups is 1. The van der Waals surface area contributed by atoms with E-state index in [0.29, 0.717) is 0 Å². The summed E-state index contributed by atoms with van der Waals surface area (Å²) in [6.07, 6.45) is -3.56. The fourth-order valence-corrected chi connectivity index (χ4v) is 3.80. The summed E-state index contributed by atoms with van der Waals surface area (Å²) in [5.41, 5.74) is 3.12. The second kappa shape index (κ2) is 7.03. The van der Waals surface area contributed by atoms with Gasteiger partial charge in [-0.25, -0.2) is 18.2 Å². The third-order valence-corrected chi connectivity index (χ3v) is 5.14. The summed E-state index contributed by atoms with van der Waals surface area (Å²) in [6, 6.07) is 2.67. The summed E-state index contributed by atoms with van der Waals surface area (Å²) < 4.78 is 53.3. The number of alkyl halides is 2. The van der Waals surface area contributed by atoms with Gasteiger partial charge in [0.25, 0.3) is 18.4 Å². The molecule has 1 heterocycles. The Bertz CT molecular complexity index is 773. The highest BCUT2D eigenvalue weighted by Crippen LogP contribution is 2.59. The van der Waals surface area contributed by atoms with Crippen molar-refractivity contribution in [2.24, 2.45) is 22.6 Å². The van der Waals surface area contributed by atoms with Crippen LogP contribution >= 0.6 is 0 Å². The second-order valence-corrected chi connectivity index (χ2v) is 7.07. The quantitative estimate of drug-likeness (QED) is 0.785.